The first-order valence-corrected chi connectivity index (χ1v) is 5.89. The molecule has 0 spiro atoms. The fourth-order valence-corrected chi connectivity index (χ4v) is 2.35. The number of carbonyl (C=O) groups is 1. The Kier molecular flexibility index (Phi) is 2.56. The smallest absolute Gasteiger partial charge is 0.234 e. The third-order valence-corrected chi connectivity index (χ3v) is 4.15. The van der Waals surface area contributed by atoms with E-state index in [4.69, 9.17) is 10.9 Å². The minimum atomic E-state index is -0.716. The summed E-state index contributed by atoms with van der Waals surface area (Å²) in [6, 6.07) is 0. The van der Waals surface area contributed by atoms with Gasteiger partial charge in [-0.05, 0) is 38.5 Å². The van der Waals surface area contributed by atoms with Gasteiger partial charge in [-0.1, -0.05) is 12.1 Å². The molecule has 16 heavy (non-hydrogen) atoms. The number of hydrogen-bond donors (Lipinski definition) is 3. The van der Waals surface area contributed by atoms with Gasteiger partial charge in [0.2, 0.25) is 5.91 Å². The average Bonchev–Trinajstić information content (AvgIpc) is 3.03. The average molecular weight is 225 g/mol. The van der Waals surface area contributed by atoms with Gasteiger partial charge in [0.15, 0.2) is 5.84 Å². The van der Waals surface area contributed by atoms with Crippen molar-refractivity contribution in [3.8, 4) is 0 Å². The molecular weight excluding hydrogens is 206 g/mol. The van der Waals surface area contributed by atoms with Crippen molar-refractivity contribution in [2.75, 3.05) is 0 Å². The predicted molar refractivity (Wildman–Crippen MR) is 60.1 cm³/mol. The van der Waals surface area contributed by atoms with Crippen LogP contribution in [0.5, 0.6) is 0 Å². The van der Waals surface area contributed by atoms with Gasteiger partial charge in [-0.2, -0.15) is 0 Å². The van der Waals surface area contributed by atoms with E-state index >= 15 is 0 Å². The summed E-state index contributed by atoms with van der Waals surface area (Å²) in [6.45, 7) is 2.09. The molecule has 0 radical (unpaired) electrons. The first-order chi connectivity index (χ1) is 7.58. The summed E-state index contributed by atoms with van der Waals surface area (Å²) < 4.78 is 0. The third-order valence-electron chi connectivity index (χ3n) is 4.15. The number of oxime groups is 1. The molecule has 0 aromatic rings. The van der Waals surface area contributed by atoms with Crippen molar-refractivity contribution in [3.63, 3.8) is 0 Å². The van der Waals surface area contributed by atoms with E-state index in [1.807, 2.05) is 0 Å². The Labute approximate surface area is 95.1 Å². The fourth-order valence-electron chi connectivity index (χ4n) is 2.35. The summed E-state index contributed by atoms with van der Waals surface area (Å²) in [7, 11) is 0. The maximum absolute atomic E-state index is 12.1. The van der Waals surface area contributed by atoms with Gasteiger partial charge in [0.1, 0.15) is 5.41 Å². The van der Waals surface area contributed by atoms with Gasteiger partial charge in [0.05, 0.1) is 0 Å². The van der Waals surface area contributed by atoms with Crippen LogP contribution in [-0.2, 0) is 4.79 Å². The summed E-state index contributed by atoms with van der Waals surface area (Å²) >= 11 is 0. The molecule has 90 valence electrons. The molecule has 5 nitrogen and oxygen atoms in total. The topological polar surface area (TPSA) is 87.7 Å². The molecule has 4 N–H and O–H groups in total. The van der Waals surface area contributed by atoms with Crippen LogP contribution in [0.3, 0.4) is 0 Å². The molecule has 0 aromatic carbocycles. The zero-order valence-corrected chi connectivity index (χ0v) is 9.62. The van der Waals surface area contributed by atoms with Gasteiger partial charge in [-0.15, -0.1) is 0 Å². The zero-order valence-electron chi connectivity index (χ0n) is 9.62. The minimum absolute atomic E-state index is 0.0254. The number of nitrogens with zero attached hydrogens (tertiary/aromatic N) is 1. The molecule has 2 rings (SSSR count). The Morgan fingerprint density at radius 3 is 2.38 bits per heavy atom. The Bertz CT molecular complexity index is 325. The van der Waals surface area contributed by atoms with Crippen molar-refractivity contribution < 1.29 is 10.0 Å². The highest BCUT2D eigenvalue weighted by atomic mass is 16.4. The van der Waals surface area contributed by atoms with Gasteiger partial charge in [-0.3, -0.25) is 4.79 Å². The minimum Gasteiger partial charge on any atom is -0.409 e. The zero-order chi connectivity index (χ0) is 11.8. The van der Waals surface area contributed by atoms with E-state index in [1.165, 1.54) is 6.42 Å². The second kappa shape index (κ2) is 3.64. The number of carbonyl (C=O) groups excluding carboxylic acids is 1. The summed E-state index contributed by atoms with van der Waals surface area (Å²) in [5.41, 5.74) is 4.83. The Morgan fingerprint density at radius 1 is 1.44 bits per heavy atom. The predicted octanol–water partition coefficient (Wildman–Crippen LogP) is 0.962. The SMILES string of the molecule is CCC1(NC(=O)C2(C(N)=NO)CC2)CCC1. The van der Waals surface area contributed by atoms with E-state index in [1.54, 1.807) is 0 Å². The van der Waals surface area contributed by atoms with Crippen molar-refractivity contribution in [3.05, 3.63) is 0 Å². The van der Waals surface area contributed by atoms with Gasteiger partial charge < -0.3 is 16.3 Å². The number of amidine groups is 1. The van der Waals surface area contributed by atoms with E-state index in [0.717, 1.165) is 19.3 Å². The molecule has 0 heterocycles. The van der Waals surface area contributed by atoms with E-state index in [0.29, 0.717) is 12.8 Å². The molecule has 1 amide bonds. The Balaban J connectivity index is 2.03. The van der Waals surface area contributed by atoms with Crippen LogP contribution < -0.4 is 11.1 Å². The van der Waals surface area contributed by atoms with Gasteiger partial charge in [-0.25, -0.2) is 0 Å². The molecular formula is C11H19N3O2. The molecule has 0 atom stereocenters. The van der Waals surface area contributed by atoms with Gasteiger partial charge >= 0.3 is 0 Å². The number of nitrogens with one attached hydrogen (secondary N) is 1. The van der Waals surface area contributed by atoms with E-state index in [9.17, 15) is 4.79 Å². The number of hydrogen-bond acceptors (Lipinski definition) is 3. The molecule has 0 bridgehead atoms. The van der Waals surface area contributed by atoms with Crippen LogP contribution >= 0.6 is 0 Å². The Hall–Kier alpha value is -1.26. The second-order valence-corrected chi connectivity index (χ2v) is 5.01. The maximum Gasteiger partial charge on any atom is 0.234 e. The van der Waals surface area contributed by atoms with Crippen LogP contribution in [0.1, 0.15) is 45.4 Å². The normalized spacial score (nSPS) is 25.7. The molecule has 2 fully saturated rings. The molecule has 0 saturated heterocycles. The maximum atomic E-state index is 12.1. The van der Waals surface area contributed by atoms with E-state index in [-0.39, 0.29) is 17.3 Å². The molecule has 2 aliphatic carbocycles. The summed E-state index contributed by atoms with van der Waals surface area (Å²) in [5.74, 6) is -0.0140. The standard InChI is InChI=1S/C11H19N3O2/c1-2-10(4-3-5-10)13-9(15)11(6-7-11)8(12)14-16/h16H,2-7H2,1H3,(H2,12,14)(H,13,15). The van der Waals surface area contributed by atoms with E-state index < -0.39 is 5.41 Å². The van der Waals surface area contributed by atoms with Crippen LogP contribution in [-0.4, -0.2) is 22.5 Å². The van der Waals surface area contributed by atoms with E-state index in [2.05, 4.69) is 17.4 Å². The summed E-state index contributed by atoms with van der Waals surface area (Å²) in [5, 5.41) is 14.7. The van der Waals surface area contributed by atoms with Crippen molar-refractivity contribution in [2.45, 2.75) is 51.0 Å². The quantitative estimate of drug-likeness (QED) is 0.288. The molecule has 2 aliphatic rings. The second-order valence-electron chi connectivity index (χ2n) is 5.01. The van der Waals surface area contributed by atoms with Crippen LogP contribution in [0, 0.1) is 5.41 Å². The number of amides is 1. The number of rotatable bonds is 4. The highest BCUT2D eigenvalue weighted by Crippen LogP contribution is 2.47. The fraction of sp³-hybridized carbons (Fsp3) is 0.818. The monoisotopic (exact) mass is 225 g/mol. The molecule has 5 heteroatoms. The molecule has 0 aliphatic heterocycles. The number of nitrogens with two attached hydrogens (primary N) is 1. The molecule has 0 unspecified atom stereocenters. The first kappa shape index (κ1) is 11.2. The van der Waals surface area contributed by atoms with Crippen LogP contribution in [0.25, 0.3) is 0 Å². The first-order valence-electron chi connectivity index (χ1n) is 5.89. The van der Waals surface area contributed by atoms with Crippen molar-refractivity contribution in [2.24, 2.45) is 16.3 Å². The lowest BCUT2D eigenvalue weighted by Gasteiger charge is -2.42. The third kappa shape index (κ3) is 1.54. The van der Waals surface area contributed by atoms with Gasteiger partial charge in [0, 0.05) is 5.54 Å². The Morgan fingerprint density at radius 2 is 2.06 bits per heavy atom. The van der Waals surface area contributed by atoms with Crippen LogP contribution in [0.4, 0.5) is 0 Å². The summed E-state index contributed by atoms with van der Waals surface area (Å²) in [6.07, 6.45) is 5.59. The van der Waals surface area contributed by atoms with Crippen LogP contribution in [0.2, 0.25) is 0 Å². The highest BCUT2D eigenvalue weighted by Gasteiger charge is 2.56. The van der Waals surface area contributed by atoms with Crippen LogP contribution in [0.15, 0.2) is 5.16 Å². The van der Waals surface area contributed by atoms with Crippen molar-refractivity contribution in [1.29, 1.82) is 0 Å². The van der Waals surface area contributed by atoms with Crippen molar-refractivity contribution in [1.82, 2.24) is 5.32 Å². The lowest BCUT2D eigenvalue weighted by molar-refractivity contribution is -0.127. The molecule has 0 aromatic heterocycles. The highest BCUT2D eigenvalue weighted by molar-refractivity contribution is 6.09. The molecule has 2 saturated carbocycles. The lowest BCUT2D eigenvalue weighted by Crippen LogP contribution is -2.56. The largest absolute Gasteiger partial charge is 0.409 e. The lowest BCUT2D eigenvalue weighted by atomic mass is 9.74. The summed E-state index contributed by atoms with van der Waals surface area (Å²) in [4.78, 5) is 12.1. The van der Waals surface area contributed by atoms with Crippen molar-refractivity contribution >= 4 is 11.7 Å². The van der Waals surface area contributed by atoms with Gasteiger partial charge in [0.25, 0.3) is 0 Å².